The molecule has 0 saturated heterocycles. The van der Waals surface area contributed by atoms with Crippen molar-refractivity contribution >= 4 is 11.8 Å². The molecule has 0 saturated carbocycles. The van der Waals surface area contributed by atoms with E-state index in [0.29, 0.717) is 29.0 Å². The smallest absolute Gasteiger partial charge is 0.187 e. The largest absolute Gasteiger partial charge is 0.493 e. The molecule has 0 amide bonds. The molecule has 25 heavy (non-hydrogen) atoms. The molecule has 0 atom stereocenters. The van der Waals surface area contributed by atoms with Crippen LogP contribution < -0.4 is 9.47 Å². The van der Waals surface area contributed by atoms with Gasteiger partial charge in [-0.3, -0.25) is 0 Å². The summed E-state index contributed by atoms with van der Waals surface area (Å²) in [6.45, 7) is 0.498. The molecular weight excluding hydrogens is 346 g/mol. The lowest BCUT2D eigenvalue weighted by Gasteiger charge is -2.08. The maximum atomic E-state index is 13.1. The number of hydrogen-bond donors (Lipinski definition) is 0. The average Bonchev–Trinajstić information content (AvgIpc) is 2.60. The summed E-state index contributed by atoms with van der Waals surface area (Å²) in [5, 5.41) is 0.706. The second-order valence-corrected chi connectivity index (χ2v) is 5.97. The van der Waals surface area contributed by atoms with E-state index < -0.39 is 11.6 Å². The van der Waals surface area contributed by atoms with Crippen LogP contribution in [-0.2, 0) is 0 Å². The summed E-state index contributed by atoms with van der Waals surface area (Å²) in [7, 11) is 0. The molecule has 2 aromatic carbocycles. The first-order valence-corrected chi connectivity index (χ1v) is 8.44. The Morgan fingerprint density at radius 2 is 1.48 bits per heavy atom. The molecular formula is C18H14F2N2O2S. The van der Waals surface area contributed by atoms with Crippen molar-refractivity contribution in [3.05, 3.63) is 72.6 Å². The van der Waals surface area contributed by atoms with Gasteiger partial charge >= 0.3 is 0 Å². The van der Waals surface area contributed by atoms with E-state index in [-0.39, 0.29) is 5.75 Å². The van der Waals surface area contributed by atoms with E-state index in [4.69, 9.17) is 9.47 Å². The molecule has 1 aromatic heterocycles. The van der Waals surface area contributed by atoms with E-state index in [0.717, 1.165) is 18.2 Å². The zero-order valence-electron chi connectivity index (χ0n) is 13.1. The van der Waals surface area contributed by atoms with Gasteiger partial charge in [-0.05, 0) is 30.3 Å². The van der Waals surface area contributed by atoms with E-state index in [2.05, 4.69) is 9.97 Å². The van der Waals surface area contributed by atoms with Gasteiger partial charge in [0.25, 0.3) is 0 Å². The summed E-state index contributed by atoms with van der Waals surface area (Å²) < 4.78 is 37.3. The lowest BCUT2D eigenvalue weighted by Crippen LogP contribution is -2.00. The van der Waals surface area contributed by atoms with Crippen molar-refractivity contribution in [1.29, 1.82) is 0 Å². The number of thioether (sulfide) groups is 1. The molecule has 0 spiro atoms. The van der Waals surface area contributed by atoms with Gasteiger partial charge in [0.2, 0.25) is 0 Å². The molecule has 0 fully saturated rings. The van der Waals surface area contributed by atoms with Crippen molar-refractivity contribution < 1.29 is 18.3 Å². The van der Waals surface area contributed by atoms with Gasteiger partial charge in [0.15, 0.2) is 5.16 Å². The molecule has 0 aliphatic rings. The Morgan fingerprint density at radius 3 is 2.16 bits per heavy atom. The number of aromatic nitrogens is 2. The van der Waals surface area contributed by atoms with Gasteiger partial charge in [0.05, 0.1) is 6.61 Å². The van der Waals surface area contributed by atoms with Crippen molar-refractivity contribution in [2.75, 3.05) is 12.4 Å². The standard InChI is InChI=1S/C18H14F2N2O2S/c19-13-10-14(20)12-17(11-13)24-16-4-2-15(3-5-16)23-8-9-25-18-21-6-1-7-22-18/h1-7,10-12H,8-9H2. The SMILES string of the molecule is Fc1cc(F)cc(Oc2ccc(OCCSc3ncccn3)cc2)c1. The Bertz CT molecular complexity index is 797. The van der Waals surface area contributed by atoms with E-state index in [1.165, 1.54) is 11.8 Å². The van der Waals surface area contributed by atoms with Crippen LogP contribution >= 0.6 is 11.8 Å². The van der Waals surface area contributed by atoms with Crippen LogP contribution in [0, 0.1) is 11.6 Å². The minimum absolute atomic E-state index is 0.102. The normalized spacial score (nSPS) is 10.5. The number of hydrogen-bond acceptors (Lipinski definition) is 5. The third-order valence-electron chi connectivity index (χ3n) is 3.02. The van der Waals surface area contributed by atoms with Crippen molar-refractivity contribution in [2.24, 2.45) is 0 Å². The molecule has 1 heterocycles. The Balaban J connectivity index is 1.48. The van der Waals surface area contributed by atoms with Gasteiger partial charge in [-0.15, -0.1) is 0 Å². The fourth-order valence-corrected chi connectivity index (χ4v) is 2.60. The fourth-order valence-electron chi connectivity index (χ4n) is 1.98. The molecule has 3 rings (SSSR count). The molecule has 0 aliphatic carbocycles. The number of halogens is 2. The quantitative estimate of drug-likeness (QED) is 0.347. The second-order valence-electron chi connectivity index (χ2n) is 4.91. The molecule has 7 heteroatoms. The van der Waals surface area contributed by atoms with Crippen LogP contribution in [0.15, 0.2) is 66.1 Å². The summed E-state index contributed by atoms with van der Waals surface area (Å²) in [4.78, 5) is 8.23. The third-order valence-corrected chi connectivity index (χ3v) is 3.86. The van der Waals surface area contributed by atoms with Crippen molar-refractivity contribution in [3.63, 3.8) is 0 Å². The van der Waals surface area contributed by atoms with Crippen LogP contribution in [0.2, 0.25) is 0 Å². The first-order chi connectivity index (χ1) is 12.2. The Hall–Kier alpha value is -2.67. The molecule has 0 radical (unpaired) electrons. The molecule has 0 unspecified atom stereocenters. The van der Waals surface area contributed by atoms with Crippen molar-refractivity contribution in [1.82, 2.24) is 9.97 Å². The minimum Gasteiger partial charge on any atom is -0.493 e. The second kappa shape index (κ2) is 8.43. The monoisotopic (exact) mass is 360 g/mol. The summed E-state index contributed by atoms with van der Waals surface area (Å²) in [6.07, 6.45) is 3.39. The van der Waals surface area contributed by atoms with Gasteiger partial charge in [0.1, 0.15) is 28.9 Å². The van der Waals surface area contributed by atoms with Crippen LogP contribution in [0.25, 0.3) is 0 Å². The molecule has 0 bridgehead atoms. The van der Waals surface area contributed by atoms with Crippen LogP contribution in [-0.4, -0.2) is 22.3 Å². The van der Waals surface area contributed by atoms with Gasteiger partial charge in [0, 0.05) is 36.3 Å². The molecule has 4 nitrogen and oxygen atoms in total. The van der Waals surface area contributed by atoms with Crippen LogP contribution in [0.5, 0.6) is 17.2 Å². The summed E-state index contributed by atoms with van der Waals surface area (Å²) in [5.74, 6) is 0.581. The molecule has 3 aromatic rings. The highest BCUT2D eigenvalue weighted by Crippen LogP contribution is 2.25. The zero-order valence-corrected chi connectivity index (χ0v) is 13.9. The molecule has 0 N–H and O–H groups in total. The average molecular weight is 360 g/mol. The number of benzene rings is 2. The first kappa shape index (κ1) is 17.2. The lowest BCUT2D eigenvalue weighted by molar-refractivity contribution is 0.343. The van der Waals surface area contributed by atoms with E-state index in [1.807, 2.05) is 0 Å². The van der Waals surface area contributed by atoms with Crippen molar-refractivity contribution in [3.8, 4) is 17.2 Å². The van der Waals surface area contributed by atoms with Gasteiger partial charge in [-0.25, -0.2) is 18.7 Å². The zero-order chi connectivity index (χ0) is 17.5. The molecule has 128 valence electrons. The van der Waals surface area contributed by atoms with Crippen LogP contribution in [0.3, 0.4) is 0 Å². The summed E-state index contributed by atoms with van der Waals surface area (Å²) in [6, 6.07) is 11.6. The predicted molar refractivity (Wildman–Crippen MR) is 91.1 cm³/mol. The summed E-state index contributed by atoms with van der Waals surface area (Å²) in [5.41, 5.74) is 0. The lowest BCUT2D eigenvalue weighted by atomic mass is 10.3. The molecule has 0 aliphatic heterocycles. The van der Waals surface area contributed by atoms with Gasteiger partial charge in [-0.1, -0.05) is 11.8 Å². The maximum Gasteiger partial charge on any atom is 0.187 e. The number of ether oxygens (including phenoxy) is 2. The van der Waals surface area contributed by atoms with E-state index >= 15 is 0 Å². The summed E-state index contributed by atoms with van der Waals surface area (Å²) >= 11 is 1.50. The van der Waals surface area contributed by atoms with Crippen LogP contribution in [0.4, 0.5) is 8.78 Å². The predicted octanol–water partition coefficient (Wildman–Crippen LogP) is 4.72. The number of rotatable bonds is 7. The highest BCUT2D eigenvalue weighted by atomic mass is 32.2. The van der Waals surface area contributed by atoms with Crippen LogP contribution in [0.1, 0.15) is 0 Å². The van der Waals surface area contributed by atoms with Gasteiger partial charge < -0.3 is 9.47 Å². The van der Waals surface area contributed by atoms with Gasteiger partial charge in [-0.2, -0.15) is 0 Å². The Labute approximate surface area is 147 Å². The maximum absolute atomic E-state index is 13.1. The van der Waals surface area contributed by atoms with E-state index in [1.54, 1.807) is 42.7 Å². The Kier molecular flexibility index (Phi) is 5.79. The third kappa shape index (κ3) is 5.42. The Morgan fingerprint density at radius 1 is 0.840 bits per heavy atom. The highest BCUT2D eigenvalue weighted by Gasteiger charge is 2.04. The topological polar surface area (TPSA) is 44.2 Å². The van der Waals surface area contributed by atoms with Crippen molar-refractivity contribution in [2.45, 2.75) is 5.16 Å². The minimum atomic E-state index is -0.685. The number of nitrogens with zero attached hydrogens (tertiary/aromatic N) is 2. The first-order valence-electron chi connectivity index (χ1n) is 7.46. The van der Waals surface area contributed by atoms with E-state index in [9.17, 15) is 8.78 Å². The highest BCUT2D eigenvalue weighted by molar-refractivity contribution is 7.99. The fraction of sp³-hybridized carbons (Fsp3) is 0.111.